The zero-order chi connectivity index (χ0) is 19.8. The summed E-state index contributed by atoms with van der Waals surface area (Å²) in [6, 6.07) is 15.0. The molecular weight excluding hydrogens is 344 g/mol. The largest absolute Gasteiger partial charge is 0.508 e. The Bertz CT molecular complexity index is 881. The third-order valence-electron chi connectivity index (χ3n) is 3.77. The molecule has 0 aliphatic heterocycles. The summed E-state index contributed by atoms with van der Waals surface area (Å²) in [4.78, 5) is 25.4. The van der Waals surface area contributed by atoms with Gasteiger partial charge in [0.05, 0.1) is 0 Å². The minimum atomic E-state index is -0.571. The van der Waals surface area contributed by atoms with Crippen molar-refractivity contribution >= 4 is 23.2 Å². The molecule has 2 aromatic rings. The van der Waals surface area contributed by atoms with E-state index in [9.17, 15) is 20.0 Å². The number of carbonyl (C=O) groups excluding carboxylic acids is 2. The zero-order valence-electron chi connectivity index (χ0n) is 14.8. The molecule has 0 saturated carbocycles. The first kappa shape index (κ1) is 19.5. The van der Waals surface area contributed by atoms with Gasteiger partial charge in [-0.1, -0.05) is 12.1 Å². The van der Waals surface area contributed by atoms with Crippen LogP contribution < -0.4 is 16.0 Å². The Morgan fingerprint density at radius 2 is 1.81 bits per heavy atom. The molecule has 0 fully saturated rings. The van der Waals surface area contributed by atoms with Gasteiger partial charge in [-0.15, -0.1) is 0 Å². The quantitative estimate of drug-likeness (QED) is 0.412. The molecule has 0 heterocycles. The van der Waals surface area contributed by atoms with Crippen LogP contribution >= 0.6 is 0 Å². The molecule has 0 aliphatic rings. The number of hydrogen-bond acceptors (Lipinski definition) is 5. The number of nitrogens with two attached hydrogens (primary N) is 1. The Morgan fingerprint density at radius 3 is 2.37 bits per heavy atom. The van der Waals surface area contributed by atoms with Crippen LogP contribution in [-0.2, 0) is 16.0 Å². The summed E-state index contributed by atoms with van der Waals surface area (Å²) in [5.74, 6) is -0.744. The predicted octanol–water partition coefficient (Wildman–Crippen LogP) is 2.09. The Hall–Kier alpha value is -3.79. The molecule has 7 nitrogen and oxygen atoms in total. The molecule has 0 unspecified atom stereocenters. The highest BCUT2D eigenvalue weighted by Gasteiger charge is 2.15. The Labute approximate surface area is 157 Å². The van der Waals surface area contributed by atoms with E-state index in [1.807, 2.05) is 6.07 Å². The smallest absolute Gasteiger partial charge is 0.263 e. The number of carbonyl (C=O) groups is 2. The molecule has 0 aromatic heterocycles. The van der Waals surface area contributed by atoms with E-state index < -0.39 is 5.91 Å². The number of aromatic hydroxyl groups is 1. The van der Waals surface area contributed by atoms with Crippen molar-refractivity contribution in [2.75, 3.05) is 17.2 Å². The molecule has 0 aliphatic carbocycles. The summed E-state index contributed by atoms with van der Waals surface area (Å²) in [5.41, 5.74) is 7.43. The van der Waals surface area contributed by atoms with Gasteiger partial charge in [0.25, 0.3) is 5.91 Å². The van der Waals surface area contributed by atoms with E-state index in [0.29, 0.717) is 24.3 Å². The van der Waals surface area contributed by atoms with Crippen molar-refractivity contribution in [2.24, 2.45) is 0 Å². The van der Waals surface area contributed by atoms with Crippen molar-refractivity contribution in [3.05, 3.63) is 65.9 Å². The van der Waals surface area contributed by atoms with E-state index >= 15 is 0 Å². The van der Waals surface area contributed by atoms with Crippen LogP contribution in [0.15, 0.2) is 60.3 Å². The minimum absolute atomic E-state index is 0.171. The summed E-state index contributed by atoms with van der Waals surface area (Å²) in [6.07, 6.45) is 1.75. The fraction of sp³-hybridized carbons (Fsp3) is 0.150. The van der Waals surface area contributed by atoms with E-state index in [1.54, 1.807) is 48.5 Å². The monoisotopic (exact) mass is 364 g/mol. The highest BCUT2D eigenvalue weighted by Crippen LogP contribution is 2.18. The second kappa shape index (κ2) is 9.06. The van der Waals surface area contributed by atoms with Gasteiger partial charge in [0, 0.05) is 31.0 Å². The second-order valence-corrected chi connectivity index (χ2v) is 5.81. The molecule has 7 heteroatoms. The lowest BCUT2D eigenvalue weighted by Gasteiger charge is -2.17. The number of nitrogens with one attached hydrogen (secondary N) is 1. The van der Waals surface area contributed by atoms with Crippen molar-refractivity contribution in [2.45, 2.75) is 13.3 Å². The van der Waals surface area contributed by atoms with Gasteiger partial charge in [0.15, 0.2) is 0 Å². The van der Waals surface area contributed by atoms with Crippen LogP contribution in [0.3, 0.4) is 0 Å². The number of phenolic OH excluding ortho intramolecular Hbond substituents is 1. The van der Waals surface area contributed by atoms with Crippen LogP contribution in [0.4, 0.5) is 11.4 Å². The lowest BCUT2D eigenvalue weighted by Crippen LogP contribution is -2.29. The molecule has 2 aromatic carbocycles. The van der Waals surface area contributed by atoms with Gasteiger partial charge in [0.2, 0.25) is 5.91 Å². The average Bonchev–Trinajstić information content (AvgIpc) is 2.65. The van der Waals surface area contributed by atoms with E-state index in [0.717, 1.165) is 5.56 Å². The topological polar surface area (TPSA) is 119 Å². The van der Waals surface area contributed by atoms with E-state index in [2.05, 4.69) is 5.32 Å². The first-order valence-electron chi connectivity index (χ1n) is 8.24. The molecule has 2 rings (SSSR count). The number of anilines is 2. The zero-order valence-corrected chi connectivity index (χ0v) is 14.8. The standard InChI is InChI=1S/C20H20N4O3/c1-14(25)24(18-6-4-17(22)5-7-18)13-16(12-21)20(27)23-11-10-15-2-8-19(26)9-3-15/h2-9,13,26H,10-11,22H2,1H3,(H,23,27)/b16-13-. The van der Waals surface area contributed by atoms with Crippen molar-refractivity contribution in [3.8, 4) is 11.8 Å². The lowest BCUT2D eigenvalue weighted by molar-refractivity contribution is -0.117. The summed E-state index contributed by atoms with van der Waals surface area (Å²) in [7, 11) is 0. The van der Waals surface area contributed by atoms with E-state index in [1.165, 1.54) is 18.0 Å². The summed E-state index contributed by atoms with van der Waals surface area (Å²) < 4.78 is 0. The van der Waals surface area contributed by atoms with Crippen molar-refractivity contribution in [3.63, 3.8) is 0 Å². The van der Waals surface area contributed by atoms with Gasteiger partial charge < -0.3 is 16.2 Å². The molecule has 0 bridgehead atoms. The fourth-order valence-corrected chi connectivity index (χ4v) is 2.33. The maximum atomic E-state index is 12.3. The number of benzene rings is 2. The summed E-state index contributed by atoms with van der Waals surface area (Å²) in [5, 5.41) is 21.2. The number of nitrogens with zero attached hydrogens (tertiary/aromatic N) is 2. The first-order chi connectivity index (χ1) is 12.9. The molecule has 0 spiro atoms. The SMILES string of the molecule is CC(=O)N(/C=C(/C#N)C(=O)NCCc1ccc(O)cc1)c1ccc(N)cc1. The van der Waals surface area contributed by atoms with Gasteiger partial charge in [0.1, 0.15) is 17.4 Å². The molecule has 138 valence electrons. The number of rotatable bonds is 6. The van der Waals surface area contributed by atoms with Crippen LogP contribution in [0.2, 0.25) is 0 Å². The predicted molar refractivity (Wildman–Crippen MR) is 103 cm³/mol. The summed E-state index contributed by atoms with van der Waals surface area (Å²) >= 11 is 0. The molecule has 27 heavy (non-hydrogen) atoms. The Morgan fingerprint density at radius 1 is 1.19 bits per heavy atom. The van der Waals surface area contributed by atoms with Crippen LogP contribution in [0.25, 0.3) is 0 Å². The van der Waals surface area contributed by atoms with Gasteiger partial charge >= 0.3 is 0 Å². The number of phenols is 1. The molecule has 0 saturated heterocycles. The van der Waals surface area contributed by atoms with Crippen molar-refractivity contribution in [1.29, 1.82) is 5.26 Å². The van der Waals surface area contributed by atoms with E-state index in [-0.39, 0.29) is 17.2 Å². The third kappa shape index (κ3) is 5.61. The normalized spacial score (nSPS) is 10.7. The van der Waals surface area contributed by atoms with Crippen LogP contribution in [0.1, 0.15) is 12.5 Å². The highest BCUT2D eigenvalue weighted by atomic mass is 16.3. The lowest BCUT2D eigenvalue weighted by atomic mass is 10.1. The molecule has 2 amide bonds. The highest BCUT2D eigenvalue weighted by molar-refractivity contribution is 6.01. The van der Waals surface area contributed by atoms with E-state index in [4.69, 9.17) is 5.73 Å². The first-order valence-corrected chi connectivity index (χ1v) is 8.24. The van der Waals surface area contributed by atoms with Gasteiger partial charge in [-0.2, -0.15) is 5.26 Å². The number of nitriles is 1. The Balaban J connectivity index is 2.06. The second-order valence-electron chi connectivity index (χ2n) is 5.81. The average molecular weight is 364 g/mol. The maximum absolute atomic E-state index is 12.3. The van der Waals surface area contributed by atoms with Crippen molar-refractivity contribution < 1.29 is 14.7 Å². The number of amides is 2. The molecule has 0 atom stereocenters. The number of hydrogen-bond donors (Lipinski definition) is 3. The summed E-state index contributed by atoms with van der Waals surface area (Å²) in [6.45, 7) is 1.65. The van der Waals surface area contributed by atoms with Gasteiger partial charge in [-0.05, 0) is 48.4 Å². The fourth-order valence-electron chi connectivity index (χ4n) is 2.33. The molecule has 0 radical (unpaired) electrons. The van der Waals surface area contributed by atoms with Crippen LogP contribution in [-0.4, -0.2) is 23.5 Å². The Kier molecular flexibility index (Phi) is 6.55. The van der Waals surface area contributed by atoms with Gasteiger partial charge in [-0.3, -0.25) is 14.5 Å². The molecule has 4 N–H and O–H groups in total. The van der Waals surface area contributed by atoms with Gasteiger partial charge in [-0.25, -0.2) is 0 Å². The minimum Gasteiger partial charge on any atom is -0.508 e. The van der Waals surface area contributed by atoms with Crippen LogP contribution in [0.5, 0.6) is 5.75 Å². The van der Waals surface area contributed by atoms with Crippen molar-refractivity contribution in [1.82, 2.24) is 5.32 Å². The van der Waals surface area contributed by atoms with Crippen LogP contribution in [0, 0.1) is 11.3 Å². The third-order valence-corrected chi connectivity index (χ3v) is 3.77. The molecular formula is C20H20N4O3. The number of nitrogen functional groups attached to an aromatic ring is 1. The maximum Gasteiger partial charge on any atom is 0.263 e.